The van der Waals surface area contributed by atoms with Crippen molar-refractivity contribution in [2.75, 3.05) is 6.54 Å². The first kappa shape index (κ1) is 24.5. The van der Waals surface area contributed by atoms with Gasteiger partial charge in [0.25, 0.3) is 11.8 Å². The lowest BCUT2D eigenvalue weighted by atomic mass is 9.89. The number of amides is 2. The van der Waals surface area contributed by atoms with Crippen LogP contribution in [0.5, 0.6) is 5.75 Å². The maximum absolute atomic E-state index is 12.9. The van der Waals surface area contributed by atoms with Crippen LogP contribution in [-0.4, -0.2) is 28.4 Å². The Bertz CT molecular complexity index is 1410. The molecule has 0 aliphatic heterocycles. The van der Waals surface area contributed by atoms with E-state index in [9.17, 15) is 14.7 Å². The summed E-state index contributed by atoms with van der Waals surface area (Å²) in [5.41, 5.74) is 4.27. The summed E-state index contributed by atoms with van der Waals surface area (Å²) in [4.78, 5) is 29.6. The molecular weight excluding hydrogens is 462 g/mol. The van der Waals surface area contributed by atoms with Crippen molar-refractivity contribution in [3.8, 4) is 16.9 Å². The molecule has 0 bridgehead atoms. The second kappa shape index (κ2) is 11.2. The lowest BCUT2D eigenvalue weighted by Gasteiger charge is -2.21. The van der Waals surface area contributed by atoms with E-state index in [-0.39, 0.29) is 17.6 Å². The van der Waals surface area contributed by atoms with Gasteiger partial charge in [-0.25, -0.2) is 0 Å². The highest BCUT2D eigenvalue weighted by molar-refractivity contribution is 5.96. The number of carbonyl (C=O) groups excluding carboxylic acids is 2. The molecule has 6 nitrogen and oxygen atoms in total. The van der Waals surface area contributed by atoms with Crippen LogP contribution in [0.15, 0.2) is 79.0 Å². The van der Waals surface area contributed by atoms with Gasteiger partial charge >= 0.3 is 0 Å². The van der Waals surface area contributed by atoms with E-state index < -0.39 is 0 Å². The Morgan fingerprint density at radius 2 is 1.59 bits per heavy atom. The molecule has 1 aromatic heterocycles. The van der Waals surface area contributed by atoms with Gasteiger partial charge < -0.3 is 15.7 Å². The highest BCUT2D eigenvalue weighted by Crippen LogP contribution is 2.31. The third-order valence-electron chi connectivity index (χ3n) is 7.09. The van der Waals surface area contributed by atoms with E-state index in [0.29, 0.717) is 29.1 Å². The quantitative estimate of drug-likeness (QED) is 0.301. The first-order valence-corrected chi connectivity index (χ1v) is 12.9. The molecule has 1 aliphatic carbocycles. The molecule has 1 heterocycles. The Hall–Kier alpha value is -4.19. The molecule has 0 spiro atoms. The van der Waals surface area contributed by atoms with Crippen LogP contribution in [0.25, 0.3) is 22.0 Å². The van der Waals surface area contributed by atoms with E-state index in [1.807, 2.05) is 48.5 Å². The number of carbonyl (C=O) groups is 2. The first-order chi connectivity index (χ1) is 18.1. The maximum Gasteiger partial charge on any atom is 0.251 e. The van der Waals surface area contributed by atoms with Crippen molar-refractivity contribution in [3.05, 3.63) is 95.7 Å². The number of nitrogens with zero attached hydrogens (tertiary/aromatic N) is 1. The van der Waals surface area contributed by atoms with E-state index >= 15 is 0 Å². The molecule has 4 aromatic rings. The highest BCUT2D eigenvalue weighted by Gasteiger charge is 2.15. The molecule has 5 rings (SSSR count). The number of pyridine rings is 1. The molecule has 6 heteroatoms. The molecular formula is C31H31N3O3. The average Bonchev–Trinajstić information content (AvgIpc) is 2.95. The molecule has 3 N–H and O–H groups in total. The van der Waals surface area contributed by atoms with Crippen LogP contribution < -0.4 is 10.6 Å². The number of benzene rings is 3. The number of fused-ring (bicyclic) bond motifs is 1. The molecule has 3 aromatic carbocycles. The van der Waals surface area contributed by atoms with Gasteiger partial charge in [0.15, 0.2) is 0 Å². The zero-order valence-electron chi connectivity index (χ0n) is 20.7. The summed E-state index contributed by atoms with van der Waals surface area (Å²) in [7, 11) is 0. The van der Waals surface area contributed by atoms with Gasteiger partial charge in [-0.05, 0) is 77.9 Å². The largest absolute Gasteiger partial charge is 0.506 e. The highest BCUT2D eigenvalue weighted by atomic mass is 16.3. The zero-order chi connectivity index (χ0) is 25.6. The third kappa shape index (κ3) is 5.97. The van der Waals surface area contributed by atoms with Gasteiger partial charge in [0, 0.05) is 35.8 Å². The van der Waals surface area contributed by atoms with Gasteiger partial charge in [-0.1, -0.05) is 49.6 Å². The van der Waals surface area contributed by atoms with Crippen LogP contribution in [0.2, 0.25) is 0 Å². The average molecular weight is 494 g/mol. The Morgan fingerprint density at radius 3 is 2.41 bits per heavy atom. The summed E-state index contributed by atoms with van der Waals surface area (Å²) in [5, 5.41) is 17.2. The van der Waals surface area contributed by atoms with Crippen LogP contribution in [0, 0.1) is 5.92 Å². The predicted molar refractivity (Wildman–Crippen MR) is 145 cm³/mol. The number of aromatic nitrogens is 1. The van der Waals surface area contributed by atoms with Crippen LogP contribution in [0.1, 0.15) is 58.4 Å². The fourth-order valence-electron chi connectivity index (χ4n) is 4.97. The summed E-state index contributed by atoms with van der Waals surface area (Å²) < 4.78 is 0. The van der Waals surface area contributed by atoms with E-state index in [1.165, 1.54) is 32.1 Å². The van der Waals surface area contributed by atoms with Crippen molar-refractivity contribution in [2.45, 2.75) is 38.6 Å². The number of phenols is 1. The lowest BCUT2D eigenvalue weighted by molar-refractivity contribution is 0.0937. The van der Waals surface area contributed by atoms with Gasteiger partial charge in [-0.3, -0.25) is 14.6 Å². The van der Waals surface area contributed by atoms with Gasteiger partial charge in [-0.2, -0.15) is 0 Å². The summed E-state index contributed by atoms with van der Waals surface area (Å²) in [6, 6.07) is 22.0. The normalized spacial score (nSPS) is 13.8. The second-order valence-corrected chi connectivity index (χ2v) is 9.74. The van der Waals surface area contributed by atoms with Crippen molar-refractivity contribution < 1.29 is 14.7 Å². The van der Waals surface area contributed by atoms with Crippen LogP contribution in [0.4, 0.5) is 0 Å². The van der Waals surface area contributed by atoms with Crippen LogP contribution in [0.3, 0.4) is 0 Å². The molecule has 0 unspecified atom stereocenters. The molecule has 1 aliphatic rings. The number of aromatic hydroxyl groups is 1. The topological polar surface area (TPSA) is 91.3 Å². The SMILES string of the molecule is O=C(NCc1ccc(C(=O)NCC2CCCCC2)cc1)c1cccc(-c2cc(O)c3ncccc3c2)c1. The molecule has 0 radical (unpaired) electrons. The number of nitrogens with one attached hydrogen (secondary N) is 2. The number of rotatable bonds is 7. The summed E-state index contributed by atoms with van der Waals surface area (Å²) in [6.07, 6.45) is 7.87. The maximum atomic E-state index is 12.9. The standard InChI is InChI=1S/C31H31N3O3/c35-28-18-27(17-25-10-5-15-32-29(25)28)24-8-4-9-26(16-24)31(37)34-20-22-11-13-23(14-12-22)30(36)33-19-21-6-2-1-3-7-21/h4-5,8-18,21,35H,1-3,6-7,19-20H2,(H,33,36)(H,34,37). The predicted octanol–water partition coefficient (Wildman–Crippen LogP) is 5.85. The lowest BCUT2D eigenvalue weighted by Crippen LogP contribution is -2.30. The third-order valence-corrected chi connectivity index (χ3v) is 7.09. The monoisotopic (exact) mass is 493 g/mol. The second-order valence-electron chi connectivity index (χ2n) is 9.74. The van der Waals surface area contributed by atoms with Gasteiger partial charge in [0.2, 0.25) is 0 Å². The minimum atomic E-state index is -0.192. The summed E-state index contributed by atoms with van der Waals surface area (Å²) in [5.74, 6) is 0.458. The number of phenolic OH excluding ortho intramolecular Hbond substituents is 1. The van der Waals surface area contributed by atoms with Crippen molar-refractivity contribution in [1.29, 1.82) is 0 Å². The molecule has 37 heavy (non-hydrogen) atoms. The Labute approximate surface area is 216 Å². The van der Waals surface area contributed by atoms with Crippen molar-refractivity contribution in [2.24, 2.45) is 5.92 Å². The summed E-state index contributed by atoms with van der Waals surface area (Å²) in [6.45, 7) is 1.10. The van der Waals surface area contributed by atoms with Gasteiger partial charge in [0.1, 0.15) is 11.3 Å². The molecule has 0 atom stereocenters. The van der Waals surface area contributed by atoms with Crippen molar-refractivity contribution in [3.63, 3.8) is 0 Å². The number of hydrogen-bond acceptors (Lipinski definition) is 4. The van der Waals surface area contributed by atoms with Crippen LogP contribution in [-0.2, 0) is 6.54 Å². The summed E-state index contributed by atoms with van der Waals surface area (Å²) >= 11 is 0. The van der Waals surface area contributed by atoms with Gasteiger partial charge in [-0.15, -0.1) is 0 Å². The molecule has 0 saturated heterocycles. The minimum absolute atomic E-state index is 0.0477. The van der Waals surface area contributed by atoms with Crippen molar-refractivity contribution >= 4 is 22.7 Å². The van der Waals surface area contributed by atoms with Crippen LogP contribution >= 0.6 is 0 Å². The Balaban J connectivity index is 1.19. The Kier molecular flexibility index (Phi) is 7.45. The molecule has 188 valence electrons. The van der Waals surface area contributed by atoms with E-state index in [0.717, 1.165) is 28.6 Å². The fraction of sp³-hybridized carbons (Fsp3) is 0.258. The first-order valence-electron chi connectivity index (χ1n) is 12.9. The smallest absolute Gasteiger partial charge is 0.251 e. The van der Waals surface area contributed by atoms with E-state index in [2.05, 4.69) is 15.6 Å². The van der Waals surface area contributed by atoms with Gasteiger partial charge in [0.05, 0.1) is 0 Å². The molecule has 2 amide bonds. The molecule has 1 saturated carbocycles. The fourth-order valence-corrected chi connectivity index (χ4v) is 4.97. The van der Waals surface area contributed by atoms with E-state index in [4.69, 9.17) is 0 Å². The molecule has 1 fully saturated rings. The zero-order valence-corrected chi connectivity index (χ0v) is 20.7. The van der Waals surface area contributed by atoms with E-state index in [1.54, 1.807) is 30.5 Å². The minimum Gasteiger partial charge on any atom is -0.506 e. The van der Waals surface area contributed by atoms with Crippen molar-refractivity contribution in [1.82, 2.24) is 15.6 Å². The Morgan fingerprint density at radius 1 is 0.811 bits per heavy atom. The number of hydrogen-bond donors (Lipinski definition) is 3.